The van der Waals surface area contributed by atoms with Crippen LogP contribution >= 0.6 is 12.4 Å². The molecular weight excluding hydrogens is 292 g/mol. The van der Waals surface area contributed by atoms with Crippen LogP contribution in [0.2, 0.25) is 0 Å². The molecule has 6 nitrogen and oxygen atoms in total. The Morgan fingerprint density at radius 2 is 2.33 bits per heavy atom. The Hall–Kier alpha value is -1.14. The number of rotatable bonds is 8. The third kappa shape index (κ3) is 6.44. The van der Waals surface area contributed by atoms with Crippen LogP contribution < -0.4 is 10.6 Å². The van der Waals surface area contributed by atoms with Gasteiger partial charge in [-0.2, -0.15) is 4.98 Å². The highest BCUT2D eigenvalue weighted by atomic mass is 35.5. The lowest BCUT2D eigenvalue weighted by Crippen LogP contribution is -2.37. The normalized spacial score (nSPS) is 17.5. The fourth-order valence-electron chi connectivity index (χ4n) is 2.37. The van der Waals surface area contributed by atoms with Crippen molar-refractivity contribution in [3.8, 4) is 0 Å². The molecule has 0 saturated carbocycles. The van der Waals surface area contributed by atoms with Crippen molar-refractivity contribution < 1.29 is 9.32 Å². The summed E-state index contributed by atoms with van der Waals surface area (Å²) in [5.74, 6) is 1.50. The summed E-state index contributed by atoms with van der Waals surface area (Å²) in [6, 6.07) is 0.450. The highest BCUT2D eigenvalue weighted by Gasteiger charge is 2.14. The predicted molar refractivity (Wildman–Crippen MR) is 82.5 cm³/mol. The van der Waals surface area contributed by atoms with Gasteiger partial charge in [-0.05, 0) is 32.2 Å². The Morgan fingerprint density at radius 1 is 1.48 bits per heavy atom. The van der Waals surface area contributed by atoms with Crippen LogP contribution in [0, 0.1) is 0 Å². The lowest BCUT2D eigenvalue weighted by molar-refractivity contribution is -0.121. The Kier molecular flexibility index (Phi) is 8.30. The van der Waals surface area contributed by atoms with Gasteiger partial charge in [0, 0.05) is 31.8 Å². The average molecular weight is 317 g/mol. The fraction of sp³-hybridized carbons (Fsp3) is 0.786. The first-order valence-corrected chi connectivity index (χ1v) is 7.59. The minimum absolute atomic E-state index is 0. The number of carbonyl (C=O) groups is 1. The summed E-state index contributed by atoms with van der Waals surface area (Å²) in [4.78, 5) is 16.0. The van der Waals surface area contributed by atoms with E-state index in [0.29, 0.717) is 24.8 Å². The van der Waals surface area contributed by atoms with Crippen LogP contribution in [0.25, 0.3) is 0 Å². The second-order valence-electron chi connectivity index (χ2n) is 5.31. The van der Waals surface area contributed by atoms with Gasteiger partial charge in [-0.3, -0.25) is 4.79 Å². The van der Waals surface area contributed by atoms with Gasteiger partial charge in [0.2, 0.25) is 11.8 Å². The molecule has 1 aromatic rings. The number of hydrogen-bond donors (Lipinski definition) is 2. The van der Waals surface area contributed by atoms with Gasteiger partial charge in [-0.25, -0.2) is 0 Å². The predicted octanol–water partition coefficient (Wildman–Crippen LogP) is 1.63. The highest BCUT2D eigenvalue weighted by molar-refractivity contribution is 5.85. The zero-order valence-electron chi connectivity index (χ0n) is 12.6. The molecule has 2 heterocycles. The van der Waals surface area contributed by atoms with Gasteiger partial charge in [0.1, 0.15) is 0 Å². The first-order chi connectivity index (χ1) is 9.78. The van der Waals surface area contributed by atoms with Crippen molar-refractivity contribution in [3.05, 3.63) is 11.7 Å². The van der Waals surface area contributed by atoms with Crippen LogP contribution in [0.4, 0.5) is 0 Å². The van der Waals surface area contributed by atoms with Crippen molar-refractivity contribution in [2.75, 3.05) is 13.1 Å². The quantitative estimate of drug-likeness (QED) is 0.762. The highest BCUT2D eigenvalue weighted by Crippen LogP contribution is 2.06. The molecule has 1 unspecified atom stereocenters. The van der Waals surface area contributed by atoms with Gasteiger partial charge in [-0.1, -0.05) is 12.1 Å². The van der Waals surface area contributed by atoms with Gasteiger partial charge >= 0.3 is 0 Å². The Labute approximate surface area is 131 Å². The molecule has 1 atom stereocenters. The van der Waals surface area contributed by atoms with Crippen LogP contribution in [-0.4, -0.2) is 35.2 Å². The van der Waals surface area contributed by atoms with E-state index >= 15 is 0 Å². The number of carbonyl (C=O) groups excluding carboxylic acids is 1. The topological polar surface area (TPSA) is 80.0 Å². The monoisotopic (exact) mass is 316 g/mol. The maximum absolute atomic E-state index is 11.7. The van der Waals surface area contributed by atoms with E-state index in [4.69, 9.17) is 4.52 Å². The number of aromatic nitrogens is 2. The summed E-state index contributed by atoms with van der Waals surface area (Å²) in [5.41, 5.74) is 0. The first-order valence-electron chi connectivity index (χ1n) is 7.59. The van der Waals surface area contributed by atoms with Crippen LogP contribution in [0.5, 0.6) is 0 Å². The molecular formula is C14H25ClN4O2. The molecule has 120 valence electrons. The summed E-state index contributed by atoms with van der Waals surface area (Å²) in [6.45, 7) is 3.89. The molecule has 0 bridgehead atoms. The van der Waals surface area contributed by atoms with Crippen molar-refractivity contribution in [2.24, 2.45) is 0 Å². The van der Waals surface area contributed by atoms with E-state index in [1.54, 1.807) is 0 Å². The molecule has 1 aromatic heterocycles. The summed E-state index contributed by atoms with van der Waals surface area (Å²) in [5, 5.41) is 10.2. The molecule has 2 rings (SSSR count). The third-order valence-corrected chi connectivity index (χ3v) is 3.49. The van der Waals surface area contributed by atoms with E-state index in [9.17, 15) is 4.79 Å². The van der Waals surface area contributed by atoms with Crippen LogP contribution in [0.15, 0.2) is 4.52 Å². The second kappa shape index (κ2) is 9.73. The molecule has 1 aliphatic rings. The van der Waals surface area contributed by atoms with E-state index in [0.717, 1.165) is 44.6 Å². The van der Waals surface area contributed by atoms with Gasteiger partial charge < -0.3 is 15.2 Å². The zero-order chi connectivity index (χ0) is 14.2. The van der Waals surface area contributed by atoms with Crippen LogP contribution in [0.1, 0.15) is 50.7 Å². The summed E-state index contributed by atoms with van der Waals surface area (Å²) < 4.78 is 5.14. The molecule has 0 aromatic carbocycles. The van der Waals surface area contributed by atoms with Crippen molar-refractivity contribution in [3.63, 3.8) is 0 Å². The molecule has 0 radical (unpaired) electrons. The molecule has 1 aliphatic heterocycles. The lowest BCUT2D eigenvalue weighted by Gasteiger charge is -2.10. The van der Waals surface area contributed by atoms with Gasteiger partial charge in [0.05, 0.1) is 0 Å². The van der Waals surface area contributed by atoms with E-state index in [2.05, 4.69) is 27.7 Å². The fourth-order valence-corrected chi connectivity index (χ4v) is 2.37. The number of nitrogens with one attached hydrogen (secondary N) is 2. The van der Waals surface area contributed by atoms with Crippen LogP contribution in [-0.2, 0) is 17.6 Å². The van der Waals surface area contributed by atoms with E-state index in [1.165, 1.54) is 6.42 Å². The summed E-state index contributed by atoms with van der Waals surface area (Å²) >= 11 is 0. The molecule has 0 spiro atoms. The molecule has 7 heteroatoms. The third-order valence-electron chi connectivity index (χ3n) is 3.49. The van der Waals surface area contributed by atoms with Crippen molar-refractivity contribution >= 4 is 18.3 Å². The molecule has 2 N–H and O–H groups in total. The van der Waals surface area contributed by atoms with Gasteiger partial charge in [0.15, 0.2) is 5.82 Å². The smallest absolute Gasteiger partial charge is 0.226 e. The number of halogens is 1. The maximum Gasteiger partial charge on any atom is 0.226 e. The van der Waals surface area contributed by atoms with Crippen LogP contribution in [0.3, 0.4) is 0 Å². The zero-order valence-corrected chi connectivity index (χ0v) is 13.4. The SMILES string of the molecule is CCCc1noc(CCCC(=O)NCC2CCCN2)n1.Cl. The van der Waals surface area contributed by atoms with Gasteiger partial charge in [0.25, 0.3) is 0 Å². The van der Waals surface area contributed by atoms with Crippen molar-refractivity contribution in [2.45, 2.75) is 57.9 Å². The minimum Gasteiger partial charge on any atom is -0.355 e. The standard InChI is InChI=1S/C14H24N4O2.ClH/c1-2-5-12-17-14(20-18-12)8-3-7-13(19)16-10-11-6-4-9-15-11;/h11,15H,2-10H2,1H3,(H,16,19);1H. The average Bonchev–Trinajstić information content (AvgIpc) is 3.08. The van der Waals surface area contributed by atoms with Gasteiger partial charge in [-0.15, -0.1) is 12.4 Å². The van der Waals surface area contributed by atoms with E-state index in [-0.39, 0.29) is 18.3 Å². The Morgan fingerprint density at radius 3 is 3.05 bits per heavy atom. The Bertz CT molecular complexity index is 419. The summed E-state index contributed by atoms with van der Waals surface area (Å²) in [7, 11) is 0. The maximum atomic E-state index is 11.7. The number of hydrogen-bond acceptors (Lipinski definition) is 5. The largest absolute Gasteiger partial charge is 0.355 e. The second-order valence-corrected chi connectivity index (χ2v) is 5.31. The molecule has 1 amide bonds. The minimum atomic E-state index is 0. The molecule has 21 heavy (non-hydrogen) atoms. The number of aryl methyl sites for hydroxylation is 2. The van der Waals surface area contributed by atoms with E-state index in [1.807, 2.05) is 0 Å². The van der Waals surface area contributed by atoms with E-state index < -0.39 is 0 Å². The molecule has 0 aliphatic carbocycles. The Balaban J connectivity index is 0.00000220. The number of nitrogens with zero attached hydrogens (tertiary/aromatic N) is 2. The number of amides is 1. The molecule has 1 fully saturated rings. The van der Waals surface area contributed by atoms with Crippen molar-refractivity contribution in [1.29, 1.82) is 0 Å². The van der Waals surface area contributed by atoms with Crippen molar-refractivity contribution in [1.82, 2.24) is 20.8 Å². The molecule has 1 saturated heterocycles. The summed E-state index contributed by atoms with van der Waals surface area (Å²) in [6.07, 6.45) is 6.15. The first kappa shape index (κ1) is 17.9. The lowest BCUT2D eigenvalue weighted by atomic mass is 10.2.